The van der Waals surface area contributed by atoms with Gasteiger partial charge >= 0.3 is 0 Å². The first-order valence-electron chi connectivity index (χ1n) is 17.7. The molecule has 0 amide bonds. The van der Waals surface area contributed by atoms with Gasteiger partial charge in [-0.1, -0.05) is 41.5 Å². The van der Waals surface area contributed by atoms with Crippen molar-refractivity contribution in [3.8, 4) is 0 Å². The van der Waals surface area contributed by atoms with Crippen molar-refractivity contribution >= 4 is 0 Å². The van der Waals surface area contributed by atoms with Crippen molar-refractivity contribution < 1.29 is 33.5 Å². The molecular weight excluding hydrogens is 544 g/mol. The van der Waals surface area contributed by atoms with Crippen molar-refractivity contribution in [1.82, 2.24) is 0 Å². The van der Waals surface area contributed by atoms with Crippen molar-refractivity contribution in [3.05, 3.63) is 0 Å². The van der Waals surface area contributed by atoms with Gasteiger partial charge in [0.25, 0.3) is 0 Å². The molecule has 0 radical (unpaired) electrons. The number of ether oxygens (including phenoxy) is 6. The highest BCUT2D eigenvalue weighted by Gasteiger charge is 2.70. The molecule has 7 rings (SSSR count). The maximum Gasteiger partial charge on any atom is 0.172 e. The summed E-state index contributed by atoms with van der Waals surface area (Å²) < 4.78 is 39.5. The van der Waals surface area contributed by atoms with Crippen molar-refractivity contribution in [2.45, 2.75) is 150 Å². The molecular formula is C36H60O7. The number of hydrogen-bond donors (Lipinski definition) is 1. The molecule has 246 valence electrons. The predicted octanol–water partition coefficient (Wildman–Crippen LogP) is 6.55. The van der Waals surface area contributed by atoms with Gasteiger partial charge in [0.15, 0.2) is 17.9 Å². The van der Waals surface area contributed by atoms with E-state index in [4.69, 9.17) is 28.4 Å². The van der Waals surface area contributed by atoms with Crippen molar-refractivity contribution in [3.63, 3.8) is 0 Å². The van der Waals surface area contributed by atoms with Gasteiger partial charge in [-0.15, -0.1) is 0 Å². The van der Waals surface area contributed by atoms with Crippen LogP contribution in [-0.2, 0) is 28.4 Å². The summed E-state index contributed by atoms with van der Waals surface area (Å²) in [4.78, 5) is 0. The molecule has 1 N–H and O–H groups in total. The van der Waals surface area contributed by atoms with Gasteiger partial charge in [0, 0.05) is 18.9 Å². The predicted molar refractivity (Wildman–Crippen MR) is 163 cm³/mol. The van der Waals surface area contributed by atoms with Gasteiger partial charge in [-0.25, -0.2) is 0 Å². The first-order chi connectivity index (χ1) is 20.1. The average Bonchev–Trinajstić information content (AvgIpc) is 3.70. The molecule has 3 heterocycles. The van der Waals surface area contributed by atoms with Crippen LogP contribution in [0.15, 0.2) is 0 Å². The normalized spacial score (nSPS) is 51.5. The van der Waals surface area contributed by atoms with E-state index < -0.39 is 11.6 Å². The van der Waals surface area contributed by atoms with E-state index in [1.54, 1.807) is 0 Å². The maximum absolute atomic E-state index is 10.2. The summed E-state index contributed by atoms with van der Waals surface area (Å²) in [5.74, 6) is 2.39. The van der Waals surface area contributed by atoms with Gasteiger partial charge in [-0.2, -0.15) is 0 Å². The van der Waals surface area contributed by atoms with Crippen LogP contribution in [0.5, 0.6) is 0 Å². The largest absolute Gasteiger partial charge is 0.396 e. The van der Waals surface area contributed by atoms with Crippen LogP contribution in [0, 0.1) is 57.7 Å². The van der Waals surface area contributed by atoms with Gasteiger partial charge in [0.05, 0.1) is 37.6 Å². The first-order valence-corrected chi connectivity index (χ1v) is 17.7. The number of aliphatic hydroxyl groups is 1. The molecule has 7 heteroatoms. The summed E-state index contributed by atoms with van der Waals surface area (Å²) in [5, 5.41) is 10.2. The third kappa shape index (κ3) is 4.67. The first kappa shape index (κ1) is 31.3. The Balaban J connectivity index is 1.17. The Kier molecular flexibility index (Phi) is 7.55. The highest BCUT2D eigenvalue weighted by atomic mass is 16.8. The highest BCUT2D eigenvalue weighted by molar-refractivity contribution is 5.16. The van der Waals surface area contributed by atoms with Gasteiger partial charge in [0.2, 0.25) is 0 Å². The minimum absolute atomic E-state index is 0.00267. The lowest BCUT2D eigenvalue weighted by Gasteiger charge is -2.65. The zero-order valence-corrected chi connectivity index (χ0v) is 28.4. The van der Waals surface area contributed by atoms with Crippen LogP contribution in [0.3, 0.4) is 0 Å². The Morgan fingerprint density at radius 1 is 0.837 bits per heavy atom. The summed E-state index contributed by atoms with van der Waals surface area (Å²) in [6.07, 6.45) is 8.20. The fourth-order valence-electron chi connectivity index (χ4n) is 12.3. The summed E-state index contributed by atoms with van der Waals surface area (Å²) in [6.45, 7) is 21.9. The third-order valence-electron chi connectivity index (χ3n) is 14.7. The van der Waals surface area contributed by atoms with Crippen LogP contribution in [0.2, 0.25) is 0 Å². The van der Waals surface area contributed by atoms with Crippen molar-refractivity contribution in [1.29, 1.82) is 0 Å². The molecule has 1 unspecified atom stereocenters. The molecule has 0 aromatic heterocycles. The lowest BCUT2D eigenvalue weighted by molar-refractivity contribution is -0.301. The van der Waals surface area contributed by atoms with E-state index in [0.29, 0.717) is 48.7 Å². The molecule has 0 aromatic rings. The summed E-state index contributed by atoms with van der Waals surface area (Å²) in [6, 6.07) is 0. The molecule has 14 atom stereocenters. The van der Waals surface area contributed by atoms with Gasteiger partial charge < -0.3 is 33.5 Å². The fourth-order valence-corrected chi connectivity index (χ4v) is 12.3. The SMILES string of the molecule is CC1O[C@H]([C@@H](C)[C@H]2CC[C@H]3[C@@H]4CC5(OCCO5)[C@H]5C[C@@H]6OC(C)(C)O[C@@H]6C[C@]5(C)[C@H]4CC[C@]23C)[C@@H]([C@@H](C)C(C)(C)CO)O1. The van der Waals surface area contributed by atoms with E-state index in [9.17, 15) is 5.11 Å². The van der Waals surface area contributed by atoms with E-state index in [1.165, 1.54) is 25.7 Å². The van der Waals surface area contributed by atoms with Crippen molar-refractivity contribution in [2.24, 2.45) is 57.7 Å². The molecule has 3 saturated heterocycles. The quantitative estimate of drug-likeness (QED) is 0.382. The van der Waals surface area contributed by atoms with Gasteiger partial charge in [0.1, 0.15) is 0 Å². The van der Waals surface area contributed by atoms with E-state index in [0.717, 1.165) is 19.3 Å². The molecule has 4 aliphatic carbocycles. The topological polar surface area (TPSA) is 75.6 Å². The van der Waals surface area contributed by atoms with Gasteiger partial charge in [-0.3, -0.25) is 0 Å². The molecule has 3 aliphatic heterocycles. The average molecular weight is 605 g/mol. The van der Waals surface area contributed by atoms with Crippen LogP contribution in [0.25, 0.3) is 0 Å². The third-order valence-corrected chi connectivity index (χ3v) is 14.7. The maximum atomic E-state index is 10.2. The van der Waals surface area contributed by atoms with E-state index in [-0.39, 0.29) is 59.5 Å². The molecule has 4 saturated carbocycles. The summed E-state index contributed by atoms with van der Waals surface area (Å²) in [7, 11) is 0. The van der Waals surface area contributed by atoms with Crippen LogP contribution in [0.1, 0.15) is 107 Å². The lowest BCUT2D eigenvalue weighted by Crippen LogP contribution is -2.65. The van der Waals surface area contributed by atoms with E-state index in [2.05, 4.69) is 55.4 Å². The van der Waals surface area contributed by atoms with E-state index in [1.807, 2.05) is 6.92 Å². The monoisotopic (exact) mass is 604 g/mol. The zero-order chi connectivity index (χ0) is 30.7. The molecule has 7 nitrogen and oxygen atoms in total. The number of aliphatic hydroxyl groups excluding tert-OH is 1. The summed E-state index contributed by atoms with van der Waals surface area (Å²) in [5.41, 5.74) is 0.144. The number of rotatable bonds is 5. The Labute approximate surface area is 260 Å². The second-order valence-electron chi connectivity index (χ2n) is 17.6. The molecule has 7 fully saturated rings. The highest BCUT2D eigenvalue weighted by Crippen LogP contribution is 2.71. The minimum Gasteiger partial charge on any atom is -0.396 e. The lowest BCUT2D eigenvalue weighted by atomic mass is 9.42. The Bertz CT molecular complexity index is 1050. The van der Waals surface area contributed by atoms with Gasteiger partial charge in [-0.05, 0) is 111 Å². The standard InChI is InChI=1S/C36H60O7/c1-20(30-31(41-22(3)40-30)21(2)32(4,5)19-37)24-10-11-25-23-17-36(38-14-15-39-36)29-16-27-28(43-33(6,7)42-27)18-35(29,9)26(23)12-13-34(24,25)8/h20-31,37H,10-19H2,1-9H3/t20-,21+,22?,23-,24+,25-,26-,27-,28+,29-,30+,31+,34+,35+/m0/s1. The Morgan fingerprint density at radius 3 is 2.19 bits per heavy atom. The smallest absolute Gasteiger partial charge is 0.172 e. The van der Waals surface area contributed by atoms with Crippen LogP contribution < -0.4 is 0 Å². The summed E-state index contributed by atoms with van der Waals surface area (Å²) >= 11 is 0. The van der Waals surface area contributed by atoms with Crippen LogP contribution >= 0.6 is 0 Å². The number of fused-ring (bicyclic) bond motifs is 7. The second-order valence-corrected chi connectivity index (χ2v) is 17.6. The zero-order valence-electron chi connectivity index (χ0n) is 28.4. The molecule has 0 aromatic carbocycles. The molecule has 1 spiro atoms. The molecule has 0 bridgehead atoms. The Hall–Kier alpha value is -0.280. The van der Waals surface area contributed by atoms with Crippen LogP contribution in [0.4, 0.5) is 0 Å². The number of hydrogen-bond acceptors (Lipinski definition) is 7. The van der Waals surface area contributed by atoms with Crippen LogP contribution in [-0.4, -0.2) is 67.2 Å². The van der Waals surface area contributed by atoms with Crippen molar-refractivity contribution in [2.75, 3.05) is 19.8 Å². The molecule has 43 heavy (non-hydrogen) atoms. The molecule has 7 aliphatic rings. The van der Waals surface area contributed by atoms with E-state index >= 15 is 0 Å². The minimum atomic E-state index is -0.519. The fraction of sp³-hybridized carbons (Fsp3) is 1.00. The Morgan fingerprint density at radius 2 is 1.49 bits per heavy atom. The second kappa shape index (κ2) is 10.4.